The normalized spacial score (nSPS) is 12.6. The van der Waals surface area contributed by atoms with E-state index in [9.17, 15) is 22.0 Å². The maximum absolute atomic E-state index is 13.7. The van der Waals surface area contributed by atoms with E-state index in [-0.39, 0.29) is 18.8 Å². The molecule has 0 nitrogen and oxygen atoms in total. The highest BCUT2D eigenvalue weighted by Gasteiger charge is 2.25. The van der Waals surface area contributed by atoms with E-state index in [0.717, 1.165) is 16.3 Å². The lowest BCUT2D eigenvalue weighted by atomic mass is 9.92. The number of hydrogen-bond donors (Lipinski definition) is 0. The molecule has 0 saturated heterocycles. The highest BCUT2D eigenvalue weighted by Crippen LogP contribution is 2.28. The molecule has 1 atom stereocenters. The zero-order valence-electron chi connectivity index (χ0n) is 13.1. The fourth-order valence-corrected chi connectivity index (χ4v) is 2.82. The molecule has 3 aromatic carbocycles. The summed E-state index contributed by atoms with van der Waals surface area (Å²) in [6.45, 7) is 3.95. The second kappa shape index (κ2) is 6.82. The fourth-order valence-electron chi connectivity index (χ4n) is 2.82. The summed E-state index contributed by atoms with van der Waals surface area (Å²) >= 11 is 0. The third-order valence-corrected chi connectivity index (χ3v) is 4.29. The van der Waals surface area contributed by atoms with Crippen molar-refractivity contribution < 1.29 is 22.0 Å². The van der Waals surface area contributed by atoms with Gasteiger partial charge in [0.2, 0.25) is 5.82 Å². The van der Waals surface area contributed by atoms with E-state index < -0.39 is 34.6 Å². The van der Waals surface area contributed by atoms with E-state index in [0.29, 0.717) is 0 Å². The maximum Gasteiger partial charge on any atom is 0.200 e. The zero-order valence-corrected chi connectivity index (χ0v) is 13.1. The molecule has 0 amide bonds. The molecule has 3 aromatic rings. The first-order valence-corrected chi connectivity index (χ1v) is 7.72. The van der Waals surface area contributed by atoms with E-state index in [4.69, 9.17) is 0 Å². The average Bonchev–Trinajstić information content (AvgIpc) is 2.64. The van der Waals surface area contributed by atoms with Crippen LogP contribution in [0.15, 0.2) is 42.5 Å². The van der Waals surface area contributed by atoms with E-state index in [1.807, 2.05) is 42.5 Å². The van der Waals surface area contributed by atoms with Crippen LogP contribution in [0.4, 0.5) is 22.0 Å². The van der Waals surface area contributed by atoms with E-state index in [2.05, 4.69) is 6.92 Å². The molecule has 129 valence electrons. The van der Waals surface area contributed by atoms with Gasteiger partial charge in [-0.1, -0.05) is 42.5 Å². The number of hydrogen-bond acceptors (Lipinski definition) is 0. The highest BCUT2D eigenvalue weighted by molar-refractivity contribution is 5.83. The minimum absolute atomic E-state index is 0.149. The minimum Gasteiger partial charge on any atom is -0.203 e. The van der Waals surface area contributed by atoms with Crippen LogP contribution in [0.25, 0.3) is 10.8 Å². The van der Waals surface area contributed by atoms with Gasteiger partial charge in [0.05, 0.1) is 0 Å². The zero-order chi connectivity index (χ0) is 18.1. The molecule has 0 fully saturated rings. The summed E-state index contributed by atoms with van der Waals surface area (Å²) in [6.07, 6.45) is -0.149. The molecule has 0 saturated carbocycles. The molecule has 0 bridgehead atoms. The third kappa shape index (κ3) is 3.23. The smallest absolute Gasteiger partial charge is 0.200 e. The van der Waals surface area contributed by atoms with Gasteiger partial charge in [-0.15, -0.1) is 0 Å². The first kappa shape index (κ1) is 17.4. The lowest BCUT2D eigenvalue weighted by Gasteiger charge is -2.14. The minimum atomic E-state index is -2.14. The molecular weight excluding hydrogens is 335 g/mol. The Bertz CT molecular complexity index is 904. The number of halogens is 5. The van der Waals surface area contributed by atoms with Crippen molar-refractivity contribution >= 4 is 10.8 Å². The second-order valence-electron chi connectivity index (χ2n) is 5.89. The lowest BCUT2D eigenvalue weighted by molar-refractivity contribution is 0.369. The van der Waals surface area contributed by atoms with Gasteiger partial charge in [-0.2, -0.15) is 0 Å². The molecule has 5 heteroatoms. The van der Waals surface area contributed by atoms with Crippen molar-refractivity contribution in [3.63, 3.8) is 0 Å². The molecule has 0 aliphatic carbocycles. The Hall–Kier alpha value is -2.43. The monoisotopic (exact) mass is 349 g/mol. The molecule has 0 aromatic heterocycles. The Balaban J connectivity index is 1.83. The molecular formula is C20H14F5. The van der Waals surface area contributed by atoms with Gasteiger partial charge in [0.15, 0.2) is 23.3 Å². The van der Waals surface area contributed by atoms with E-state index in [1.165, 1.54) is 0 Å². The van der Waals surface area contributed by atoms with Crippen LogP contribution < -0.4 is 0 Å². The van der Waals surface area contributed by atoms with Crippen LogP contribution in [0.3, 0.4) is 0 Å². The van der Waals surface area contributed by atoms with Crippen LogP contribution in [0.2, 0.25) is 0 Å². The summed E-state index contributed by atoms with van der Waals surface area (Å²) in [6, 6.07) is 13.3. The molecule has 1 radical (unpaired) electrons. The van der Waals surface area contributed by atoms with Crippen molar-refractivity contribution in [2.75, 3.05) is 0 Å². The first-order chi connectivity index (χ1) is 11.9. The summed E-state index contributed by atoms with van der Waals surface area (Å²) in [5.74, 6) is -9.87. The fraction of sp³-hybridized carbons (Fsp3) is 0.150. The summed E-state index contributed by atoms with van der Waals surface area (Å²) in [5, 5.41) is 2.03. The van der Waals surface area contributed by atoms with Crippen LogP contribution in [-0.4, -0.2) is 0 Å². The third-order valence-electron chi connectivity index (χ3n) is 4.29. The Labute approximate surface area is 141 Å². The van der Waals surface area contributed by atoms with Crippen LogP contribution in [0.5, 0.6) is 0 Å². The molecule has 0 heterocycles. The lowest BCUT2D eigenvalue weighted by Crippen LogP contribution is -2.08. The predicted molar refractivity (Wildman–Crippen MR) is 86.6 cm³/mol. The first-order valence-electron chi connectivity index (χ1n) is 7.72. The van der Waals surface area contributed by atoms with Crippen molar-refractivity contribution in [2.24, 2.45) is 0 Å². The van der Waals surface area contributed by atoms with Gasteiger partial charge >= 0.3 is 0 Å². The van der Waals surface area contributed by atoms with Crippen molar-refractivity contribution in [1.29, 1.82) is 0 Å². The molecule has 3 rings (SSSR count). The van der Waals surface area contributed by atoms with Gasteiger partial charge in [0, 0.05) is 5.56 Å². The maximum atomic E-state index is 13.7. The predicted octanol–water partition coefficient (Wildman–Crippen LogP) is 6.09. The largest absolute Gasteiger partial charge is 0.203 e. The van der Waals surface area contributed by atoms with E-state index >= 15 is 0 Å². The van der Waals surface area contributed by atoms with Gasteiger partial charge in [-0.25, -0.2) is 22.0 Å². The second-order valence-corrected chi connectivity index (χ2v) is 5.89. The Morgan fingerprint density at radius 3 is 1.92 bits per heavy atom. The molecule has 0 N–H and O–H groups in total. The van der Waals surface area contributed by atoms with Gasteiger partial charge in [0.25, 0.3) is 0 Å². The van der Waals surface area contributed by atoms with Crippen molar-refractivity contribution in [3.05, 3.63) is 89.6 Å². The van der Waals surface area contributed by atoms with Gasteiger partial charge in [-0.3, -0.25) is 0 Å². The summed E-state index contributed by atoms with van der Waals surface area (Å²) in [5.41, 5.74) is 0.0356. The summed E-state index contributed by atoms with van der Waals surface area (Å²) in [7, 11) is 0. The summed E-state index contributed by atoms with van der Waals surface area (Å²) in [4.78, 5) is 0. The van der Waals surface area contributed by atoms with Gasteiger partial charge < -0.3 is 0 Å². The van der Waals surface area contributed by atoms with Gasteiger partial charge in [-0.05, 0) is 42.0 Å². The topological polar surface area (TPSA) is 0 Å². The van der Waals surface area contributed by atoms with Crippen LogP contribution in [0, 0.1) is 36.0 Å². The summed E-state index contributed by atoms with van der Waals surface area (Å²) < 4.78 is 67.0. The SMILES string of the molecule is [CH2]C(CCc1c(F)c(F)c(F)c(F)c1F)c1ccc2ccccc2c1. The Morgan fingerprint density at radius 2 is 1.28 bits per heavy atom. The number of benzene rings is 3. The van der Waals surface area contributed by atoms with Crippen LogP contribution >= 0.6 is 0 Å². The molecule has 1 unspecified atom stereocenters. The Morgan fingerprint density at radius 1 is 0.720 bits per heavy atom. The van der Waals surface area contributed by atoms with Crippen molar-refractivity contribution in [1.82, 2.24) is 0 Å². The van der Waals surface area contributed by atoms with Crippen LogP contribution in [-0.2, 0) is 6.42 Å². The average molecular weight is 349 g/mol. The highest BCUT2D eigenvalue weighted by atomic mass is 19.2. The van der Waals surface area contributed by atoms with Crippen molar-refractivity contribution in [2.45, 2.75) is 18.8 Å². The van der Waals surface area contributed by atoms with Crippen LogP contribution in [0.1, 0.15) is 23.5 Å². The standard InChI is InChI=1S/C20H14F5/c1-11(13-8-7-12-4-2-3-5-14(12)10-13)6-9-15-16(21)18(23)20(25)19(24)17(15)22/h2-5,7-8,10-11H,1,6,9H2. The number of fused-ring (bicyclic) bond motifs is 1. The molecule has 0 spiro atoms. The molecule has 25 heavy (non-hydrogen) atoms. The molecule has 0 aliphatic rings. The number of rotatable bonds is 4. The van der Waals surface area contributed by atoms with Gasteiger partial charge in [0.1, 0.15) is 0 Å². The molecule has 0 aliphatic heterocycles. The van der Waals surface area contributed by atoms with E-state index in [1.54, 1.807) is 0 Å². The Kier molecular flexibility index (Phi) is 4.75. The van der Waals surface area contributed by atoms with Crippen molar-refractivity contribution in [3.8, 4) is 0 Å². The quantitative estimate of drug-likeness (QED) is 0.304.